The standard InChI is InChI=1S/C31H47N11O8S/c32-20(18-51)27(47)39-17-26(46)42-12-5-9-23(42)30(50)38-16-24(44)40-21(8-4-10-36-31(33)34)28(48)37-15-25(45)41-22(29(49)35-11-13-43)14-19-6-2-1-3-7-19/h1-3,6-7,13,20-23,51H,4-5,8-12,14-18,32H2,(H,35,49)(H,37,48)(H,38,50)(H,39,47)(H,40,44)(H,41,45)(H4,33,34,36)/t20-,21-,22-,23-/m0/s1. The lowest BCUT2D eigenvalue weighted by Crippen LogP contribution is -2.54. The number of carbonyl (C=O) groups excluding carboxylic acids is 8. The number of rotatable bonds is 21. The number of carbonyl (C=O) groups is 8. The maximum absolute atomic E-state index is 13.1. The summed E-state index contributed by atoms with van der Waals surface area (Å²) in [6.45, 7) is -1.26. The van der Waals surface area contributed by atoms with Crippen LogP contribution < -0.4 is 49.1 Å². The Balaban J connectivity index is 1.97. The average molecular weight is 734 g/mol. The highest BCUT2D eigenvalue weighted by molar-refractivity contribution is 7.80. The first kappa shape index (κ1) is 41.9. The van der Waals surface area contributed by atoms with Crippen molar-refractivity contribution in [1.82, 2.24) is 36.8 Å². The van der Waals surface area contributed by atoms with Gasteiger partial charge in [0.1, 0.15) is 24.4 Å². The second-order valence-corrected chi connectivity index (χ2v) is 11.8. The van der Waals surface area contributed by atoms with E-state index in [1.165, 1.54) is 4.90 Å². The van der Waals surface area contributed by atoms with Crippen LogP contribution in [0.5, 0.6) is 0 Å². The Kier molecular flexibility index (Phi) is 18.5. The summed E-state index contributed by atoms with van der Waals surface area (Å²) in [5.74, 6) is -4.48. The average Bonchev–Trinajstić information content (AvgIpc) is 3.62. The van der Waals surface area contributed by atoms with E-state index in [2.05, 4.69) is 49.5 Å². The van der Waals surface area contributed by atoms with Crippen molar-refractivity contribution in [3.8, 4) is 0 Å². The summed E-state index contributed by atoms with van der Waals surface area (Å²) in [4.78, 5) is 105. The zero-order valence-electron chi connectivity index (χ0n) is 28.1. The Labute approximate surface area is 300 Å². The number of thiol groups is 1. The van der Waals surface area contributed by atoms with E-state index in [1.807, 2.05) is 0 Å². The normalized spacial score (nSPS) is 15.3. The molecule has 7 amide bonds. The van der Waals surface area contributed by atoms with Gasteiger partial charge in [-0.15, -0.1) is 0 Å². The van der Waals surface area contributed by atoms with Gasteiger partial charge in [-0.05, 0) is 31.2 Å². The molecule has 19 nitrogen and oxygen atoms in total. The second-order valence-electron chi connectivity index (χ2n) is 11.5. The van der Waals surface area contributed by atoms with Crippen molar-refractivity contribution in [1.29, 1.82) is 0 Å². The lowest BCUT2D eigenvalue weighted by molar-refractivity contribution is -0.139. The highest BCUT2D eigenvalue weighted by atomic mass is 32.1. The topological polar surface area (TPSA) is 302 Å². The predicted molar refractivity (Wildman–Crippen MR) is 189 cm³/mol. The summed E-state index contributed by atoms with van der Waals surface area (Å²) in [5, 5.41) is 14.8. The van der Waals surface area contributed by atoms with E-state index in [0.717, 1.165) is 5.56 Å². The van der Waals surface area contributed by atoms with Crippen molar-refractivity contribution < 1.29 is 38.4 Å². The molecule has 1 aliphatic heterocycles. The minimum absolute atomic E-state index is 0.0577. The van der Waals surface area contributed by atoms with Crippen LogP contribution in [0, 0.1) is 0 Å². The lowest BCUT2D eigenvalue weighted by Gasteiger charge is -2.24. The van der Waals surface area contributed by atoms with Crippen molar-refractivity contribution in [2.45, 2.75) is 56.3 Å². The van der Waals surface area contributed by atoms with Crippen LogP contribution >= 0.6 is 12.6 Å². The molecule has 51 heavy (non-hydrogen) atoms. The van der Waals surface area contributed by atoms with Gasteiger partial charge in [0.25, 0.3) is 0 Å². The number of likely N-dealkylation sites (tertiary alicyclic amines) is 1. The number of aldehydes is 1. The minimum atomic E-state index is -1.16. The quantitative estimate of drug-likeness (QED) is 0.0188. The third-order valence-corrected chi connectivity index (χ3v) is 7.95. The molecule has 0 spiro atoms. The highest BCUT2D eigenvalue weighted by Gasteiger charge is 2.34. The molecule has 0 aliphatic carbocycles. The van der Waals surface area contributed by atoms with E-state index in [9.17, 15) is 38.4 Å². The summed E-state index contributed by atoms with van der Waals surface area (Å²) in [6.07, 6.45) is 1.81. The fourth-order valence-electron chi connectivity index (χ4n) is 4.98. The summed E-state index contributed by atoms with van der Waals surface area (Å²) in [7, 11) is 0. The summed E-state index contributed by atoms with van der Waals surface area (Å²) >= 11 is 3.95. The molecule has 20 heteroatoms. The summed E-state index contributed by atoms with van der Waals surface area (Å²) in [6, 6.07) is 4.88. The van der Waals surface area contributed by atoms with Gasteiger partial charge >= 0.3 is 0 Å². The Morgan fingerprint density at radius 2 is 1.51 bits per heavy atom. The van der Waals surface area contributed by atoms with Gasteiger partial charge in [-0.2, -0.15) is 12.6 Å². The molecule has 0 saturated carbocycles. The maximum Gasteiger partial charge on any atom is 0.243 e. The number of nitrogens with one attached hydrogen (secondary N) is 6. The van der Waals surface area contributed by atoms with Crippen LogP contribution in [0.4, 0.5) is 0 Å². The molecule has 1 aromatic carbocycles. The molecule has 1 saturated heterocycles. The molecular formula is C31H47N11O8S. The molecule has 1 aliphatic rings. The molecule has 0 aromatic heterocycles. The lowest BCUT2D eigenvalue weighted by atomic mass is 10.1. The van der Waals surface area contributed by atoms with Gasteiger partial charge in [-0.3, -0.25) is 38.6 Å². The fraction of sp³-hybridized carbons (Fsp3) is 0.516. The molecule has 0 radical (unpaired) electrons. The van der Waals surface area contributed by atoms with Crippen molar-refractivity contribution >= 4 is 66.2 Å². The number of hydrogen-bond acceptors (Lipinski definition) is 11. The summed E-state index contributed by atoms with van der Waals surface area (Å²) < 4.78 is 0. The van der Waals surface area contributed by atoms with Crippen molar-refractivity contribution in [3.05, 3.63) is 35.9 Å². The highest BCUT2D eigenvalue weighted by Crippen LogP contribution is 2.17. The molecular weight excluding hydrogens is 686 g/mol. The van der Waals surface area contributed by atoms with Crippen LogP contribution in [-0.2, 0) is 44.8 Å². The van der Waals surface area contributed by atoms with E-state index in [4.69, 9.17) is 17.2 Å². The van der Waals surface area contributed by atoms with E-state index in [-0.39, 0.29) is 57.2 Å². The van der Waals surface area contributed by atoms with Crippen molar-refractivity contribution in [3.63, 3.8) is 0 Å². The van der Waals surface area contributed by atoms with Gasteiger partial charge in [0.15, 0.2) is 5.96 Å². The molecule has 12 N–H and O–H groups in total. The van der Waals surface area contributed by atoms with E-state index in [1.54, 1.807) is 30.3 Å². The first-order valence-corrected chi connectivity index (χ1v) is 16.9. The van der Waals surface area contributed by atoms with Crippen LogP contribution in [0.15, 0.2) is 35.3 Å². The Hall–Kier alpha value is -5.24. The number of aliphatic imine (C=N–C) groups is 1. The SMILES string of the molecule is NC(N)=NCCC[C@H](NC(=O)CNC(=O)[C@@H]1CCCN1C(=O)CNC(=O)[C@@H](N)CS)C(=O)NCC(=O)N[C@@H](Cc1ccccc1)C(=O)NCC=O. The molecule has 1 fully saturated rings. The van der Waals surface area contributed by atoms with Gasteiger partial charge < -0.3 is 58.8 Å². The van der Waals surface area contributed by atoms with Crippen LogP contribution in [0.2, 0.25) is 0 Å². The molecule has 280 valence electrons. The van der Waals surface area contributed by atoms with Gasteiger partial charge in [0, 0.05) is 25.3 Å². The molecule has 1 aromatic rings. The van der Waals surface area contributed by atoms with E-state index < -0.39 is 78.6 Å². The first-order chi connectivity index (χ1) is 24.4. The van der Waals surface area contributed by atoms with Gasteiger partial charge in [0.05, 0.1) is 32.2 Å². The monoisotopic (exact) mass is 733 g/mol. The largest absolute Gasteiger partial charge is 0.370 e. The number of guanidine groups is 1. The molecule has 2 rings (SSSR count). The zero-order valence-corrected chi connectivity index (χ0v) is 29.0. The van der Waals surface area contributed by atoms with E-state index in [0.29, 0.717) is 19.1 Å². The van der Waals surface area contributed by atoms with Gasteiger partial charge in [0.2, 0.25) is 41.4 Å². The maximum atomic E-state index is 13.1. The number of nitrogens with two attached hydrogens (primary N) is 3. The second kappa shape index (κ2) is 22.5. The fourth-order valence-corrected chi connectivity index (χ4v) is 5.15. The Morgan fingerprint density at radius 1 is 0.882 bits per heavy atom. The molecule has 1 heterocycles. The van der Waals surface area contributed by atoms with Crippen LogP contribution in [-0.4, -0.2) is 128 Å². The van der Waals surface area contributed by atoms with Crippen LogP contribution in [0.3, 0.4) is 0 Å². The van der Waals surface area contributed by atoms with Crippen LogP contribution in [0.25, 0.3) is 0 Å². The Bertz CT molecular complexity index is 1410. The molecule has 4 atom stereocenters. The zero-order chi connectivity index (χ0) is 37.8. The number of hydrogen-bond donors (Lipinski definition) is 10. The van der Waals surface area contributed by atoms with Crippen molar-refractivity contribution in [2.75, 3.05) is 45.0 Å². The predicted octanol–water partition coefficient (Wildman–Crippen LogP) is -4.84. The number of amides is 7. The molecule has 0 unspecified atom stereocenters. The summed E-state index contributed by atoms with van der Waals surface area (Å²) in [5.41, 5.74) is 17.1. The van der Waals surface area contributed by atoms with Crippen molar-refractivity contribution in [2.24, 2.45) is 22.2 Å². The van der Waals surface area contributed by atoms with E-state index >= 15 is 0 Å². The van der Waals surface area contributed by atoms with Gasteiger partial charge in [-0.1, -0.05) is 30.3 Å². The first-order valence-electron chi connectivity index (χ1n) is 16.2. The number of nitrogens with zero attached hydrogens (tertiary/aromatic N) is 2. The third kappa shape index (κ3) is 15.5. The third-order valence-electron chi connectivity index (χ3n) is 7.56. The van der Waals surface area contributed by atoms with Crippen LogP contribution in [0.1, 0.15) is 31.2 Å². The minimum Gasteiger partial charge on any atom is -0.370 e. The smallest absolute Gasteiger partial charge is 0.243 e. The van der Waals surface area contributed by atoms with Gasteiger partial charge in [-0.25, -0.2) is 0 Å². The Morgan fingerprint density at radius 3 is 2.16 bits per heavy atom. The number of benzene rings is 1. The molecule has 0 bridgehead atoms.